The van der Waals surface area contributed by atoms with Crippen molar-refractivity contribution in [2.45, 2.75) is 0 Å². The average Bonchev–Trinajstić information content (AvgIpc) is 1.89. The van der Waals surface area contributed by atoms with Crippen molar-refractivity contribution in [2.75, 3.05) is 40.0 Å². The first-order valence-electron chi connectivity index (χ1n) is 3.55. The molecule has 0 N–H and O–H groups in total. The molecule has 0 radical (unpaired) electrons. The van der Waals surface area contributed by atoms with Crippen LogP contribution in [-0.4, -0.2) is 40.0 Å². The molecule has 0 rings (SSSR count). The molecular weight excluding hydrogens is 269 g/mol. The molecule has 0 aliphatic heterocycles. The Morgan fingerprint density at radius 2 is 0.929 bits per heavy atom. The molecule has 0 aromatic carbocycles. The number of nitrogens with zero attached hydrogens (tertiary/aromatic N) is 2. The Morgan fingerprint density at radius 3 is 0.929 bits per heavy atom. The molecule has 0 aliphatic carbocycles. The predicted molar refractivity (Wildman–Crippen MR) is 68.1 cm³/mol. The largest absolute Gasteiger partial charge is 0.577 e. The van der Waals surface area contributed by atoms with Crippen LogP contribution in [0.5, 0.6) is 0 Å². The minimum atomic E-state index is 0. The van der Waals surface area contributed by atoms with Crippen molar-refractivity contribution < 1.29 is 16.5 Å². The Morgan fingerprint density at radius 1 is 0.929 bits per heavy atom. The summed E-state index contributed by atoms with van der Waals surface area (Å²) in [6, 6.07) is 0. The van der Waals surface area contributed by atoms with Crippen molar-refractivity contribution in [3.8, 4) is 0 Å². The molecular formula is C6H20N2NiO3P2. The van der Waals surface area contributed by atoms with Gasteiger partial charge in [0, 0.05) is 56.5 Å². The smallest absolute Gasteiger partial charge is 0.0461 e. The van der Waals surface area contributed by atoms with Gasteiger partial charge in [0.1, 0.15) is 0 Å². The number of rotatable bonds is 0. The van der Waals surface area contributed by atoms with E-state index < -0.39 is 0 Å². The third kappa shape index (κ3) is 12700. The van der Waals surface area contributed by atoms with E-state index in [4.69, 9.17) is 20.6 Å². The summed E-state index contributed by atoms with van der Waals surface area (Å²) in [7, 11) is 0.241. The minimum absolute atomic E-state index is 0. The van der Waals surface area contributed by atoms with Crippen LogP contribution in [-0.2, 0) is 16.5 Å². The van der Waals surface area contributed by atoms with Gasteiger partial charge in [-0.3, -0.25) is 0 Å². The van der Waals surface area contributed by atoms with Crippen LogP contribution in [0.25, 0.3) is 5.59 Å². The standard InChI is InChI=1S/2C3H9P.HNO2.NO.Ni/c2*1-4(2)3;2-1-3;1-2;/h2*1-3H3;(H,2,3);;/q;;;-1;/p+1. The first-order chi connectivity index (χ1) is 5.88. The van der Waals surface area contributed by atoms with Gasteiger partial charge in [-0.05, 0) is 15.8 Å². The zero-order chi connectivity index (χ0) is 11.9. The summed E-state index contributed by atoms with van der Waals surface area (Å²) in [4.78, 5) is 15.2. The molecule has 0 amide bonds. The average molecular weight is 289 g/mol. The van der Waals surface area contributed by atoms with Crippen molar-refractivity contribution in [3.63, 3.8) is 0 Å². The van der Waals surface area contributed by atoms with E-state index in [0.717, 1.165) is 5.34 Å². The normalized spacial score (nSPS) is 6.29. The fourth-order valence-corrected chi connectivity index (χ4v) is 0. The molecule has 0 bridgehead atoms. The Hall–Kier alpha value is 0.354. The summed E-state index contributed by atoms with van der Waals surface area (Å²) in [6.45, 7) is 13.6. The summed E-state index contributed by atoms with van der Waals surface area (Å²) in [5.74, 6) is 0. The van der Waals surface area contributed by atoms with E-state index in [2.05, 4.69) is 40.0 Å². The maximum Gasteiger partial charge on any atom is 0.0461 e. The second kappa shape index (κ2) is 37.7. The Bertz CT molecular complexity index is 78.0. The van der Waals surface area contributed by atoms with Crippen molar-refractivity contribution in [1.82, 2.24) is 0 Å². The van der Waals surface area contributed by atoms with Crippen LogP contribution in [0.3, 0.4) is 0 Å². The van der Waals surface area contributed by atoms with Gasteiger partial charge in [-0.25, -0.2) is 0 Å². The molecule has 0 spiro atoms. The van der Waals surface area contributed by atoms with E-state index in [1.165, 1.54) is 0 Å². The number of nitroso groups, excluding NO2 is 1. The van der Waals surface area contributed by atoms with Crippen molar-refractivity contribution in [3.05, 3.63) is 20.6 Å². The van der Waals surface area contributed by atoms with E-state index in [1.54, 1.807) is 0 Å². The molecule has 0 heterocycles. The van der Waals surface area contributed by atoms with Gasteiger partial charge in [-0.1, -0.05) is 0 Å². The molecule has 92 valence electrons. The fourth-order valence-electron chi connectivity index (χ4n) is 0. The van der Waals surface area contributed by atoms with E-state index in [-0.39, 0.29) is 32.3 Å². The van der Waals surface area contributed by atoms with Crippen molar-refractivity contribution in [1.29, 1.82) is 0 Å². The van der Waals surface area contributed by atoms with Crippen LogP contribution < -0.4 is 0 Å². The summed E-state index contributed by atoms with van der Waals surface area (Å²) < 4.78 is 0. The first-order valence-corrected chi connectivity index (χ1v) is 9.55. The molecule has 8 heteroatoms. The molecule has 0 aromatic heterocycles. The van der Waals surface area contributed by atoms with Gasteiger partial charge >= 0.3 is 0 Å². The SMILES string of the molecule is C[PH+](C)C.C[PH+](C)C.O=N[O-].[N-]=O.[Ni]. The van der Waals surface area contributed by atoms with Gasteiger partial charge < -0.3 is 20.6 Å². The van der Waals surface area contributed by atoms with Crippen LogP contribution >= 0.6 is 15.8 Å². The van der Waals surface area contributed by atoms with Crippen LogP contribution in [0.15, 0.2) is 5.34 Å². The van der Waals surface area contributed by atoms with E-state index in [0.29, 0.717) is 0 Å². The van der Waals surface area contributed by atoms with E-state index in [9.17, 15) is 0 Å². The summed E-state index contributed by atoms with van der Waals surface area (Å²) >= 11 is 0. The number of hydrogen-bond acceptors (Lipinski definition) is 4. The third-order valence-corrected chi connectivity index (χ3v) is 0. The van der Waals surface area contributed by atoms with Crippen molar-refractivity contribution in [2.24, 2.45) is 5.34 Å². The Balaban J connectivity index is -0.0000000260. The van der Waals surface area contributed by atoms with Crippen LogP contribution in [0.1, 0.15) is 0 Å². The Labute approximate surface area is 98.6 Å². The molecule has 14 heavy (non-hydrogen) atoms. The van der Waals surface area contributed by atoms with Gasteiger partial charge in [-0.2, -0.15) is 0 Å². The zero-order valence-corrected chi connectivity index (χ0v) is 12.4. The Kier molecular flexibility index (Phi) is 78.8. The fraction of sp³-hybridized carbons (Fsp3) is 1.00. The predicted octanol–water partition coefficient (Wildman–Crippen LogP) is 2.75. The van der Waals surface area contributed by atoms with Gasteiger partial charge in [-0.15, -0.1) is 5.34 Å². The second-order valence-electron chi connectivity index (χ2n) is 3.07. The summed E-state index contributed by atoms with van der Waals surface area (Å²) in [5, 5.41) is 9.00. The van der Waals surface area contributed by atoms with E-state index >= 15 is 0 Å². The van der Waals surface area contributed by atoms with Gasteiger partial charge in [0.15, 0.2) is 0 Å². The first kappa shape index (κ1) is 29.3. The minimum Gasteiger partial charge on any atom is -0.577 e. The van der Waals surface area contributed by atoms with E-state index in [1.807, 2.05) is 0 Å². The van der Waals surface area contributed by atoms with Gasteiger partial charge in [0.05, 0.1) is 0 Å². The molecule has 5 nitrogen and oxygen atoms in total. The van der Waals surface area contributed by atoms with Gasteiger partial charge in [0.25, 0.3) is 0 Å². The molecule has 0 saturated carbocycles. The monoisotopic (exact) mass is 288 g/mol. The molecule has 0 aliphatic rings. The molecule has 0 fully saturated rings. The van der Waals surface area contributed by atoms with Crippen LogP contribution in [0, 0.1) is 15.0 Å². The van der Waals surface area contributed by atoms with Crippen LogP contribution in [0.2, 0.25) is 0 Å². The molecule has 0 aromatic rings. The van der Waals surface area contributed by atoms with Gasteiger partial charge in [0.2, 0.25) is 0 Å². The quantitative estimate of drug-likeness (QED) is 0.297. The topological polar surface area (TPSA) is 91.9 Å². The second-order valence-corrected chi connectivity index (χ2v) is 9.07. The maximum atomic E-state index is 8.00. The zero-order valence-electron chi connectivity index (χ0n) is 9.44. The summed E-state index contributed by atoms with van der Waals surface area (Å²) in [5.41, 5.74) is 5.75. The number of hydrogen-bond donors (Lipinski definition) is 0. The molecule has 0 unspecified atom stereocenters. The summed E-state index contributed by atoms with van der Waals surface area (Å²) in [6.07, 6.45) is 0. The van der Waals surface area contributed by atoms with Crippen molar-refractivity contribution >= 4 is 15.8 Å². The van der Waals surface area contributed by atoms with Crippen LogP contribution in [0.4, 0.5) is 0 Å². The molecule has 0 atom stereocenters. The molecule has 0 saturated heterocycles. The maximum absolute atomic E-state index is 8.00. The third-order valence-electron chi connectivity index (χ3n) is 0.